The number of halogens is 2. The molecule has 0 amide bonds. The van der Waals surface area contributed by atoms with Gasteiger partial charge >= 0.3 is 66.7 Å². The third kappa shape index (κ3) is 123. The van der Waals surface area contributed by atoms with Crippen LogP contribution in [0.1, 0.15) is 0 Å². The van der Waals surface area contributed by atoms with Crippen LogP contribution >= 0.6 is 12.8 Å². The quantitative estimate of drug-likeness (QED) is 0.313. The van der Waals surface area contributed by atoms with Crippen LogP contribution in [-0.2, 0) is 10.4 Å². The Balaban J connectivity index is -0.0000000800. The van der Waals surface area contributed by atoms with Crippen LogP contribution in [0.5, 0.6) is 0 Å². The summed E-state index contributed by atoms with van der Waals surface area (Å²) in [5, 5.41) is 0. The van der Waals surface area contributed by atoms with E-state index in [0.717, 1.165) is 0 Å². The number of rotatable bonds is 0. The fourth-order valence-corrected chi connectivity index (χ4v) is 0. The summed E-state index contributed by atoms with van der Waals surface area (Å²) in [7, 11) is -5.17. The van der Waals surface area contributed by atoms with Gasteiger partial charge in [-0.2, -0.15) is 0 Å². The second kappa shape index (κ2) is 10.5. The maximum Gasteiger partial charge on any atom is 2.00 e. The molecule has 0 unspecified atom stereocenters. The monoisotopic (exact) mass is 230 g/mol. The van der Waals surface area contributed by atoms with Crippen LogP contribution in [0.15, 0.2) is 0 Å². The summed E-state index contributed by atoms with van der Waals surface area (Å²) in [5.41, 5.74) is 0. The molecule has 0 spiro atoms. The van der Waals surface area contributed by atoms with Gasteiger partial charge in [0.1, 0.15) is 0 Å². The molecule has 0 saturated heterocycles. The summed E-state index contributed by atoms with van der Waals surface area (Å²) >= 11 is -0.931. The maximum absolute atomic E-state index is 8.52. The van der Waals surface area contributed by atoms with Crippen molar-refractivity contribution < 1.29 is 17.5 Å². The maximum atomic E-state index is 8.52. The van der Waals surface area contributed by atoms with Crippen LogP contribution in [-0.4, -0.2) is 71.4 Å². The van der Waals surface area contributed by atoms with Crippen LogP contribution in [0.25, 0.3) is 0 Å². The van der Waals surface area contributed by atoms with Crippen molar-refractivity contribution in [3.05, 3.63) is 0 Å². The van der Waals surface area contributed by atoms with Crippen LogP contribution < -0.4 is 0 Å². The van der Waals surface area contributed by atoms with Crippen molar-refractivity contribution in [1.29, 1.82) is 0 Å². The summed E-state index contributed by atoms with van der Waals surface area (Å²) in [6.07, 6.45) is 9.90. The van der Waals surface area contributed by atoms with Crippen molar-refractivity contribution in [2.75, 3.05) is 0 Å². The van der Waals surface area contributed by atoms with E-state index in [1.54, 1.807) is 0 Å². The fraction of sp³-hybridized carbons (Fsp3) is 0. The summed E-state index contributed by atoms with van der Waals surface area (Å²) in [5.74, 6) is 0. The van der Waals surface area contributed by atoms with E-state index in [-0.39, 0.29) is 23.1 Å². The molecule has 0 bridgehead atoms. The predicted molar refractivity (Wildman–Crippen MR) is 33.7 cm³/mol. The molecule has 9 heteroatoms. The van der Waals surface area contributed by atoms with E-state index in [1.807, 2.05) is 0 Å². The Morgan fingerprint density at radius 3 is 1.22 bits per heavy atom. The number of hydrogen-bond acceptors (Lipinski definition) is 4. The molecular formula is CaCl2MgO4S. The van der Waals surface area contributed by atoms with Gasteiger partial charge in [-0.3, -0.25) is 8.42 Å². The zero-order chi connectivity index (χ0) is 7.21. The van der Waals surface area contributed by atoms with Gasteiger partial charge in [0.15, 0.2) is 0 Å². The zero-order valence-electron chi connectivity index (χ0n) is 4.21. The minimum absolute atomic E-state index is 0. The molecule has 48 valence electrons. The first-order valence-corrected chi connectivity index (χ1v) is 8.61. The van der Waals surface area contributed by atoms with E-state index in [4.69, 9.17) is 30.3 Å². The molecule has 4 nitrogen and oxygen atoms in total. The predicted octanol–water partition coefficient (Wildman–Crippen LogP) is -0.721. The molecule has 0 heterocycles. The van der Waals surface area contributed by atoms with Crippen molar-refractivity contribution >= 4 is 77.1 Å². The summed E-state index contributed by atoms with van der Waals surface area (Å²) in [6.45, 7) is 0. The van der Waals surface area contributed by atoms with Crippen LogP contribution in [0, 0.1) is 0 Å². The first-order chi connectivity index (χ1) is 3.41. The Kier molecular flexibility index (Phi) is 20.4. The molecule has 0 aliphatic carbocycles. The standard InChI is InChI=1S/Ca.2ClH.Mg.H2O4S/c;;;;1-5(2,3)4/h;2*1H;;(H2,1,2,3,4)/q+2;;;+2;/p-4. The molecule has 0 aliphatic heterocycles. The molecule has 0 aromatic rings. The minimum Gasteiger partial charge on any atom is 2.00 e. The zero-order valence-corrected chi connectivity index (χ0v) is 10.2. The molecule has 0 aromatic carbocycles. The van der Waals surface area contributed by atoms with Crippen molar-refractivity contribution in [2.24, 2.45) is 0 Å². The Labute approximate surface area is 92.8 Å². The molecule has 0 rings (SSSR count). The van der Waals surface area contributed by atoms with Gasteiger partial charge in [-0.1, -0.05) is 0 Å². The van der Waals surface area contributed by atoms with E-state index < -0.39 is 41.2 Å². The normalized spacial score (nSPS) is 7.56. The van der Waals surface area contributed by atoms with Gasteiger partial charge < -0.3 is 9.11 Å². The van der Waals surface area contributed by atoms with E-state index in [2.05, 4.69) is 0 Å². The van der Waals surface area contributed by atoms with E-state index in [0.29, 0.717) is 0 Å². The fourth-order valence-electron chi connectivity index (χ4n) is 0. The third-order valence-electron chi connectivity index (χ3n) is 0. The largest absolute Gasteiger partial charge is 2.00 e. The van der Waals surface area contributed by atoms with E-state index >= 15 is 0 Å². The second-order valence-corrected chi connectivity index (χ2v) is 4.97. The smallest absolute Gasteiger partial charge is 2.00 e. The SMILES string of the molecule is O=S(=O)([O-])[O-].[Cl][Ca][Cl].[Mg+2]. The molecule has 0 aromatic heterocycles. The first-order valence-electron chi connectivity index (χ1n) is 1.20. The Bertz CT molecular complexity index is 113. The van der Waals surface area contributed by atoms with Crippen molar-refractivity contribution in [1.82, 2.24) is 0 Å². The van der Waals surface area contributed by atoms with Gasteiger partial charge in [0.2, 0.25) is 0 Å². The van der Waals surface area contributed by atoms with Gasteiger partial charge in [0.05, 0.1) is 0 Å². The molecule has 0 N–H and O–H groups in total. The van der Waals surface area contributed by atoms with Crippen molar-refractivity contribution in [2.45, 2.75) is 0 Å². The molecule has 0 saturated carbocycles. The molecular weight excluding hydrogens is 231 g/mol. The summed E-state index contributed by atoms with van der Waals surface area (Å²) < 4.78 is 34.1. The molecule has 0 aliphatic rings. The Hall–Kier alpha value is 2.48. The van der Waals surface area contributed by atoms with Crippen LogP contribution in [0.3, 0.4) is 0 Å². The van der Waals surface area contributed by atoms with E-state index in [9.17, 15) is 0 Å². The third-order valence-corrected chi connectivity index (χ3v) is 0. The molecule has 9 heavy (non-hydrogen) atoms. The van der Waals surface area contributed by atoms with Crippen molar-refractivity contribution in [3.63, 3.8) is 0 Å². The van der Waals surface area contributed by atoms with Gasteiger partial charge in [0, 0.05) is 10.4 Å². The Morgan fingerprint density at radius 2 is 1.22 bits per heavy atom. The van der Waals surface area contributed by atoms with Gasteiger partial charge in [-0.05, 0) is 0 Å². The average Bonchev–Trinajstić information content (AvgIpc) is 1.27. The van der Waals surface area contributed by atoms with Crippen molar-refractivity contribution in [3.8, 4) is 0 Å². The molecule has 0 atom stereocenters. The Morgan fingerprint density at radius 1 is 1.22 bits per heavy atom. The van der Waals surface area contributed by atoms with Crippen LogP contribution in [0.2, 0.25) is 0 Å². The summed E-state index contributed by atoms with van der Waals surface area (Å²) in [6, 6.07) is 0. The van der Waals surface area contributed by atoms with Gasteiger partial charge in [-0.25, -0.2) is 0 Å². The summed E-state index contributed by atoms with van der Waals surface area (Å²) in [4.78, 5) is 0. The molecule has 0 radical (unpaired) electrons. The first kappa shape index (κ1) is 17.5. The topological polar surface area (TPSA) is 80.3 Å². The van der Waals surface area contributed by atoms with Crippen LogP contribution in [0.4, 0.5) is 0 Å². The minimum atomic E-state index is -5.17. The molecule has 0 fully saturated rings. The number of hydrogen-bond donors (Lipinski definition) is 0. The van der Waals surface area contributed by atoms with Gasteiger partial charge in [-0.15, -0.1) is 0 Å². The van der Waals surface area contributed by atoms with Gasteiger partial charge in [0.25, 0.3) is 0 Å². The average molecular weight is 231 g/mol. The van der Waals surface area contributed by atoms with E-state index in [1.165, 1.54) is 0 Å². The second-order valence-electron chi connectivity index (χ2n) is 0.509.